The second kappa shape index (κ2) is 8.64. The maximum Gasteiger partial charge on any atom is 0.198 e. The number of ether oxygens (including phenoxy) is 2. The summed E-state index contributed by atoms with van der Waals surface area (Å²) < 4.78 is 30.1. The third-order valence-corrected chi connectivity index (χ3v) is 7.29. The van der Waals surface area contributed by atoms with Crippen molar-refractivity contribution in [3.8, 4) is 11.5 Å². The van der Waals surface area contributed by atoms with E-state index in [1.807, 2.05) is 0 Å². The van der Waals surface area contributed by atoms with E-state index in [9.17, 15) is 22.0 Å². The average molecular weight is 533 g/mol. The fraction of sp³-hybridized carbons (Fsp3) is 0.125. The molecule has 0 aliphatic carbocycles. The van der Waals surface area contributed by atoms with Crippen molar-refractivity contribution in [1.29, 1.82) is 0 Å². The third kappa shape index (κ3) is 3.13. The van der Waals surface area contributed by atoms with Crippen LogP contribution in [0, 0.1) is 0 Å². The summed E-state index contributed by atoms with van der Waals surface area (Å²) in [6.07, 6.45) is 0. The Morgan fingerprint density at radius 3 is 1.23 bits per heavy atom. The molecule has 0 radical (unpaired) electrons. The lowest BCUT2D eigenvalue weighted by Crippen LogP contribution is -2.16. The van der Waals surface area contributed by atoms with Crippen LogP contribution in [-0.4, -0.2) is 23.2 Å². The fourth-order valence-electron chi connectivity index (χ4n) is 5.64. The Kier molecular flexibility index (Phi) is 4.68. The molecule has 7 aromatic rings. The molecule has 0 atom stereocenters. The molecule has 1 aromatic heterocycles. The molecule has 0 unspecified atom stereocenters. The second-order valence-corrected chi connectivity index (χ2v) is 9.48. The maximum absolute atomic E-state index is 14.0. The van der Waals surface area contributed by atoms with Crippen molar-refractivity contribution in [3.05, 3.63) is 102 Å². The van der Waals surface area contributed by atoms with Crippen LogP contribution in [0.5, 0.6) is 11.5 Å². The van der Waals surface area contributed by atoms with Gasteiger partial charge in [0, 0.05) is 33.7 Å². The molecule has 7 rings (SSSR count). The van der Waals surface area contributed by atoms with Gasteiger partial charge in [-0.05, 0) is 13.8 Å². The van der Waals surface area contributed by atoms with Crippen LogP contribution in [-0.2, 0) is 0 Å². The number of H-pyrrole nitrogens is 2. The summed E-state index contributed by atoms with van der Waals surface area (Å²) in [7, 11) is 0. The topological polar surface area (TPSA) is 118 Å². The number of hydrogen-bond donors (Lipinski definition) is 2. The molecule has 0 aliphatic rings. The minimum absolute atomic E-state index is 0.0107. The molecular formula is C32H22N2O6. The Bertz CT molecular complexity index is 2380. The summed E-state index contributed by atoms with van der Waals surface area (Å²) in [4.78, 5) is 57.2. The van der Waals surface area contributed by atoms with Crippen molar-refractivity contribution in [1.82, 2.24) is 9.95 Å². The standard InChI is InChI=1S/C32H22N2O6/c1-3-39-21-13-19-27(25-23(21)29(35)15-9-5-7-11-17(15)31(25)37)34-20-14-22(40-4-2)24-26(28(20)33-19)32(38)18-12-8-6-10-16(18)30(24)36/h5-14,33-34H,3-4H2,1-2H3/i/hD2. The quantitative estimate of drug-likeness (QED) is 0.245. The lowest BCUT2D eigenvalue weighted by molar-refractivity contribution is 0.344. The number of rotatable bonds is 4. The zero-order chi connectivity index (χ0) is 29.4. The zero-order valence-corrected chi connectivity index (χ0v) is 21.5. The van der Waals surface area contributed by atoms with Crippen molar-refractivity contribution in [2.45, 2.75) is 13.8 Å². The predicted octanol–water partition coefficient (Wildman–Crippen LogP) is 4.94. The Labute approximate surface area is 227 Å². The van der Waals surface area contributed by atoms with Gasteiger partial charge in [0.15, 0.2) is 24.5 Å². The lowest BCUT2D eigenvalue weighted by Gasteiger charge is -2.15. The minimum Gasteiger partial charge on any atom is -0.493 e. The molecule has 2 N–H and O–H groups in total. The Hall–Kier alpha value is -5.24. The molecule has 40 heavy (non-hydrogen) atoms. The van der Waals surface area contributed by atoms with Crippen LogP contribution < -0.4 is 31.2 Å². The van der Waals surface area contributed by atoms with Crippen molar-refractivity contribution in [2.24, 2.45) is 0 Å². The normalized spacial score (nSPS) is 12.6. The maximum atomic E-state index is 14.0. The summed E-state index contributed by atoms with van der Waals surface area (Å²) in [5.74, 6) is 0.168. The summed E-state index contributed by atoms with van der Waals surface area (Å²) in [6.45, 7) is 3.80. The Morgan fingerprint density at radius 1 is 0.575 bits per heavy atom. The van der Waals surface area contributed by atoms with Gasteiger partial charge in [0.1, 0.15) is 11.5 Å². The monoisotopic (exact) mass is 532 g/mol. The first kappa shape index (κ1) is 21.7. The average Bonchev–Trinajstić information content (AvgIpc) is 3.00. The van der Waals surface area contributed by atoms with Crippen molar-refractivity contribution in [2.75, 3.05) is 13.2 Å². The van der Waals surface area contributed by atoms with Crippen molar-refractivity contribution in [3.63, 3.8) is 0 Å². The second-order valence-electron chi connectivity index (χ2n) is 9.48. The molecular weight excluding hydrogens is 508 g/mol. The van der Waals surface area contributed by atoms with E-state index in [-0.39, 0.29) is 89.9 Å². The molecule has 0 fully saturated rings. The fourth-order valence-corrected chi connectivity index (χ4v) is 5.64. The molecule has 0 aliphatic heterocycles. The van der Waals surface area contributed by atoms with Gasteiger partial charge < -0.3 is 19.4 Å². The van der Waals surface area contributed by atoms with Crippen LogP contribution in [0.25, 0.3) is 65.2 Å². The molecule has 196 valence electrons. The van der Waals surface area contributed by atoms with Gasteiger partial charge in [0.05, 0.1) is 56.8 Å². The molecule has 0 spiro atoms. The minimum atomic E-state index is -0.490. The van der Waals surface area contributed by atoms with Crippen LogP contribution in [0.3, 0.4) is 0 Å². The highest BCUT2D eigenvalue weighted by molar-refractivity contribution is 6.17. The molecule has 0 saturated heterocycles. The number of nitrogens with one attached hydrogen (secondary N) is 2. The Balaban J connectivity index is 1.84. The summed E-state index contributed by atoms with van der Waals surface area (Å²) in [5.41, 5.74) is -1.77. The van der Waals surface area contributed by atoms with Crippen LogP contribution in [0.2, 0.25) is 2.82 Å². The highest BCUT2D eigenvalue weighted by atomic mass is 16.5. The van der Waals surface area contributed by atoms with E-state index in [1.54, 1.807) is 62.4 Å². The number of hydrogen-bond acceptors (Lipinski definition) is 6. The third-order valence-electron chi connectivity index (χ3n) is 7.29. The van der Waals surface area contributed by atoms with E-state index in [2.05, 4.69) is 0 Å². The molecule has 8 nitrogen and oxygen atoms in total. The Morgan fingerprint density at radius 2 is 0.900 bits per heavy atom. The SMILES string of the molecule is [2H]n1c2cc(OCC)c3c(=O)c4ccccc4c(=O)c3c2n([2H])c2cc(OCC)c3c(=O)c4ccccc4c(=O)c3c21. The molecule has 0 bridgehead atoms. The van der Waals surface area contributed by atoms with E-state index >= 15 is 0 Å². The molecule has 8 heteroatoms. The number of fused-ring (bicyclic) bond motifs is 8. The van der Waals surface area contributed by atoms with Gasteiger partial charge in [-0.15, -0.1) is 0 Å². The van der Waals surface area contributed by atoms with E-state index in [0.29, 0.717) is 0 Å². The van der Waals surface area contributed by atoms with Gasteiger partial charge in [-0.2, -0.15) is 0 Å². The van der Waals surface area contributed by atoms with Gasteiger partial charge in [-0.3, -0.25) is 19.2 Å². The number of benzene rings is 6. The van der Waals surface area contributed by atoms with E-state index in [1.165, 1.54) is 12.1 Å². The van der Waals surface area contributed by atoms with Crippen LogP contribution in [0.1, 0.15) is 13.8 Å². The van der Waals surface area contributed by atoms with Gasteiger partial charge in [0.2, 0.25) is 0 Å². The van der Waals surface area contributed by atoms with Crippen molar-refractivity contribution >= 4 is 65.2 Å². The van der Waals surface area contributed by atoms with E-state index in [4.69, 9.17) is 9.47 Å². The highest BCUT2D eigenvalue weighted by Crippen LogP contribution is 2.34. The van der Waals surface area contributed by atoms with Gasteiger partial charge in [0.25, 0.3) is 0 Å². The van der Waals surface area contributed by atoms with Crippen LogP contribution >= 0.6 is 0 Å². The number of aromatic amines is 2. The zero-order valence-electron chi connectivity index (χ0n) is 23.5. The molecule has 0 saturated carbocycles. The van der Waals surface area contributed by atoms with Gasteiger partial charge in [-0.1, -0.05) is 48.5 Å². The van der Waals surface area contributed by atoms with Crippen LogP contribution in [0.15, 0.2) is 79.8 Å². The molecule has 1 heterocycles. The highest BCUT2D eigenvalue weighted by Gasteiger charge is 2.22. The van der Waals surface area contributed by atoms with E-state index < -0.39 is 21.7 Å². The van der Waals surface area contributed by atoms with Crippen molar-refractivity contribution < 1.29 is 12.3 Å². The smallest absolute Gasteiger partial charge is 0.198 e. The van der Waals surface area contributed by atoms with Gasteiger partial charge in [-0.25, -0.2) is 0 Å². The first-order chi connectivity index (χ1) is 20.3. The lowest BCUT2D eigenvalue weighted by atomic mass is 9.98. The van der Waals surface area contributed by atoms with Gasteiger partial charge >= 0.3 is 0 Å². The largest absolute Gasteiger partial charge is 0.493 e. The van der Waals surface area contributed by atoms with E-state index in [0.717, 1.165) is 9.95 Å². The first-order valence-corrected chi connectivity index (χ1v) is 12.9. The first-order valence-electron chi connectivity index (χ1n) is 13.8. The number of aromatic nitrogens is 2. The summed E-state index contributed by atoms with van der Waals surface area (Å²) >= 11 is 0. The molecule has 6 aromatic carbocycles. The summed E-state index contributed by atoms with van der Waals surface area (Å²) in [6, 6.07) is 15.7. The summed E-state index contributed by atoms with van der Waals surface area (Å²) in [5, 5.41) is 0.692. The molecule has 0 amide bonds. The van der Waals surface area contributed by atoms with Crippen LogP contribution in [0.4, 0.5) is 0 Å². The predicted molar refractivity (Wildman–Crippen MR) is 159 cm³/mol.